The van der Waals surface area contributed by atoms with E-state index >= 15 is 0 Å². The zero-order valence-corrected chi connectivity index (χ0v) is 21.8. The monoisotopic (exact) mass is 528 g/mol. The summed E-state index contributed by atoms with van der Waals surface area (Å²) in [5, 5.41) is 4.00. The summed E-state index contributed by atoms with van der Waals surface area (Å²) in [6, 6.07) is 13.8. The van der Waals surface area contributed by atoms with Gasteiger partial charge in [-0.05, 0) is 42.5 Å². The van der Waals surface area contributed by atoms with Crippen LogP contribution in [0.2, 0.25) is 0 Å². The van der Waals surface area contributed by atoms with Gasteiger partial charge in [0.2, 0.25) is 5.95 Å². The first kappa shape index (κ1) is 25.2. The van der Waals surface area contributed by atoms with E-state index in [4.69, 9.17) is 24.9 Å². The number of nitrogens with two attached hydrogens (primary N) is 1. The van der Waals surface area contributed by atoms with Crippen LogP contribution < -0.4 is 20.7 Å². The van der Waals surface area contributed by atoms with E-state index in [9.17, 15) is 0 Å². The van der Waals surface area contributed by atoms with Gasteiger partial charge in [-0.2, -0.15) is 4.98 Å². The molecule has 5 heterocycles. The molecule has 2 aliphatic heterocycles. The topological polar surface area (TPSA) is 124 Å². The summed E-state index contributed by atoms with van der Waals surface area (Å²) in [7, 11) is 0. The van der Waals surface area contributed by atoms with E-state index in [1.165, 1.54) is 0 Å². The number of nitrogen functional groups attached to an aromatic ring is 1. The predicted molar refractivity (Wildman–Crippen MR) is 150 cm³/mol. The minimum atomic E-state index is 0.374. The van der Waals surface area contributed by atoms with Crippen LogP contribution >= 0.6 is 0 Å². The van der Waals surface area contributed by atoms with Gasteiger partial charge in [0.15, 0.2) is 0 Å². The molecule has 0 spiro atoms. The van der Waals surface area contributed by atoms with Gasteiger partial charge < -0.3 is 30.2 Å². The number of fused-ring (bicyclic) bond motifs is 1. The normalized spacial score (nSPS) is 16.4. The van der Waals surface area contributed by atoms with E-state index in [0.717, 1.165) is 75.9 Å². The highest BCUT2D eigenvalue weighted by Crippen LogP contribution is 2.29. The van der Waals surface area contributed by atoms with Crippen molar-refractivity contribution in [3.63, 3.8) is 0 Å². The smallest absolute Gasteiger partial charge is 0.229 e. The zero-order chi connectivity index (χ0) is 26.4. The van der Waals surface area contributed by atoms with Gasteiger partial charge in [0.25, 0.3) is 0 Å². The summed E-state index contributed by atoms with van der Waals surface area (Å²) in [5.74, 6) is 1.49. The first-order chi connectivity index (χ1) is 19.2. The fourth-order valence-corrected chi connectivity index (χ4v) is 4.75. The van der Waals surface area contributed by atoms with Gasteiger partial charge in [-0.25, -0.2) is 4.98 Å². The summed E-state index contributed by atoms with van der Waals surface area (Å²) in [5.41, 5.74) is 10.3. The van der Waals surface area contributed by atoms with Crippen molar-refractivity contribution in [1.82, 2.24) is 24.8 Å². The van der Waals surface area contributed by atoms with Crippen LogP contribution in [0.4, 0.5) is 23.1 Å². The minimum absolute atomic E-state index is 0.374. The van der Waals surface area contributed by atoms with Gasteiger partial charge in [0.05, 0.1) is 38.3 Å². The third kappa shape index (κ3) is 6.00. The molecule has 0 amide bonds. The Kier molecular flexibility index (Phi) is 7.61. The van der Waals surface area contributed by atoms with Crippen LogP contribution in [0.3, 0.4) is 0 Å². The van der Waals surface area contributed by atoms with E-state index < -0.39 is 0 Å². The number of anilines is 4. The van der Waals surface area contributed by atoms with Crippen LogP contribution in [0, 0.1) is 0 Å². The second-order valence-electron chi connectivity index (χ2n) is 9.44. The molecular formula is C28H32N8O3. The highest BCUT2D eigenvalue weighted by Gasteiger charge is 2.15. The first-order valence-electron chi connectivity index (χ1n) is 13.2. The molecule has 3 N–H and O–H groups in total. The predicted octanol–water partition coefficient (Wildman–Crippen LogP) is 2.96. The third-order valence-corrected chi connectivity index (χ3v) is 6.90. The Bertz CT molecular complexity index is 1390. The Hall–Kier alpha value is -4.06. The van der Waals surface area contributed by atoms with Crippen molar-refractivity contribution in [2.45, 2.75) is 0 Å². The Balaban J connectivity index is 1.17. The maximum atomic E-state index is 6.33. The Morgan fingerprint density at radius 1 is 0.872 bits per heavy atom. The molecule has 0 saturated carbocycles. The average Bonchev–Trinajstić information content (AvgIpc) is 2.99. The summed E-state index contributed by atoms with van der Waals surface area (Å²) in [4.78, 5) is 23.1. The molecule has 11 nitrogen and oxygen atoms in total. The standard InChI is InChI=1S/C28H32N8O3/c29-27-23-7-8-30-26(24-6-5-22(19-31-24)39-18-11-35-9-14-37-15-10-35)25(23)33-28(34-27)32-20-1-3-21(4-2-20)36-12-16-38-17-13-36/h1-8,19H,9-18H2,(H3,29,32,33,34). The van der Waals surface area contributed by atoms with Crippen molar-refractivity contribution in [1.29, 1.82) is 0 Å². The molecule has 0 atom stereocenters. The van der Waals surface area contributed by atoms with Crippen molar-refractivity contribution in [3.05, 3.63) is 54.9 Å². The second kappa shape index (κ2) is 11.8. The maximum Gasteiger partial charge on any atom is 0.229 e. The molecule has 6 rings (SSSR count). The van der Waals surface area contributed by atoms with Gasteiger partial charge >= 0.3 is 0 Å². The largest absolute Gasteiger partial charge is 0.491 e. The highest BCUT2D eigenvalue weighted by molar-refractivity contribution is 5.97. The van der Waals surface area contributed by atoms with E-state index in [-0.39, 0.29) is 0 Å². The van der Waals surface area contributed by atoms with E-state index in [1.54, 1.807) is 12.4 Å². The number of hydrogen-bond acceptors (Lipinski definition) is 11. The van der Waals surface area contributed by atoms with E-state index in [0.29, 0.717) is 41.0 Å². The number of hydrogen-bond donors (Lipinski definition) is 2. The third-order valence-electron chi connectivity index (χ3n) is 6.90. The second-order valence-corrected chi connectivity index (χ2v) is 9.44. The summed E-state index contributed by atoms with van der Waals surface area (Å²) >= 11 is 0. The number of ether oxygens (including phenoxy) is 3. The van der Waals surface area contributed by atoms with Crippen LogP contribution in [0.25, 0.3) is 22.3 Å². The number of nitrogens with zero attached hydrogens (tertiary/aromatic N) is 6. The molecule has 1 aromatic carbocycles. The molecule has 2 fully saturated rings. The van der Waals surface area contributed by atoms with Crippen LogP contribution in [0.5, 0.6) is 5.75 Å². The van der Waals surface area contributed by atoms with Crippen LogP contribution in [0.15, 0.2) is 54.9 Å². The van der Waals surface area contributed by atoms with Crippen LogP contribution in [-0.4, -0.2) is 90.6 Å². The molecule has 39 heavy (non-hydrogen) atoms. The van der Waals surface area contributed by atoms with Gasteiger partial charge in [-0.3, -0.25) is 14.9 Å². The quantitative estimate of drug-likeness (QED) is 0.351. The SMILES string of the molecule is Nc1nc(Nc2ccc(N3CCOCC3)cc2)nc2c(-c3ccc(OCCN4CCOCC4)cn3)nccc12. The Morgan fingerprint density at radius 2 is 1.64 bits per heavy atom. The molecule has 11 heteroatoms. The number of pyridine rings is 2. The lowest BCUT2D eigenvalue weighted by molar-refractivity contribution is 0.0322. The fourth-order valence-electron chi connectivity index (χ4n) is 4.75. The molecule has 0 radical (unpaired) electrons. The molecule has 2 aliphatic rings. The zero-order valence-electron chi connectivity index (χ0n) is 21.8. The number of rotatable bonds is 8. The summed E-state index contributed by atoms with van der Waals surface area (Å²) in [6.45, 7) is 8.17. The van der Waals surface area contributed by atoms with Crippen molar-refractivity contribution < 1.29 is 14.2 Å². The minimum Gasteiger partial charge on any atom is -0.491 e. The Labute approximate surface area is 226 Å². The fraction of sp³-hybridized carbons (Fsp3) is 0.357. The van der Waals surface area contributed by atoms with Crippen molar-refractivity contribution >= 4 is 34.0 Å². The molecule has 0 bridgehead atoms. The lowest BCUT2D eigenvalue weighted by Gasteiger charge is -2.28. The molecule has 0 aliphatic carbocycles. The van der Waals surface area contributed by atoms with Gasteiger partial charge in [-0.15, -0.1) is 0 Å². The van der Waals surface area contributed by atoms with Gasteiger partial charge in [-0.1, -0.05) is 0 Å². The summed E-state index contributed by atoms with van der Waals surface area (Å²) < 4.78 is 16.8. The lowest BCUT2D eigenvalue weighted by Crippen LogP contribution is -2.38. The van der Waals surface area contributed by atoms with Crippen LogP contribution in [0.1, 0.15) is 0 Å². The van der Waals surface area contributed by atoms with Crippen molar-refractivity contribution in [2.24, 2.45) is 0 Å². The molecule has 3 aromatic heterocycles. The number of aromatic nitrogens is 4. The molecule has 202 valence electrons. The van der Waals surface area contributed by atoms with Gasteiger partial charge in [0.1, 0.15) is 29.4 Å². The lowest BCUT2D eigenvalue weighted by atomic mass is 10.1. The average molecular weight is 529 g/mol. The van der Waals surface area contributed by atoms with E-state index in [1.807, 2.05) is 30.3 Å². The number of morpholine rings is 2. The summed E-state index contributed by atoms with van der Waals surface area (Å²) in [6.07, 6.45) is 3.41. The number of nitrogens with one attached hydrogen (secondary N) is 1. The van der Waals surface area contributed by atoms with Gasteiger partial charge in [0, 0.05) is 55.7 Å². The number of benzene rings is 1. The maximum absolute atomic E-state index is 6.33. The molecule has 0 unspecified atom stereocenters. The van der Waals surface area contributed by atoms with Crippen molar-refractivity contribution in [3.8, 4) is 17.1 Å². The molecule has 2 saturated heterocycles. The molecular weight excluding hydrogens is 496 g/mol. The molecule has 4 aromatic rings. The van der Waals surface area contributed by atoms with Crippen LogP contribution in [-0.2, 0) is 9.47 Å². The Morgan fingerprint density at radius 3 is 2.38 bits per heavy atom. The van der Waals surface area contributed by atoms with Crippen molar-refractivity contribution in [2.75, 3.05) is 81.7 Å². The van der Waals surface area contributed by atoms with E-state index in [2.05, 4.69) is 42.2 Å². The first-order valence-corrected chi connectivity index (χ1v) is 13.2. The highest BCUT2D eigenvalue weighted by atomic mass is 16.5.